The average molecular weight is 423 g/mol. The number of rotatable bonds is 3. The van der Waals surface area contributed by atoms with Crippen LogP contribution in [0.2, 0.25) is 5.02 Å². The maximum Gasteiger partial charge on any atom is 0.273 e. The lowest BCUT2D eigenvalue weighted by Crippen LogP contribution is -2.39. The third kappa shape index (κ3) is 3.66. The van der Waals surface area contributed by atoms with E-state index in [2.05, 4.69) is 9.97 Å². The number of piperidine rings is 1. The van der Waals surface area contributed by atoms with Crippen LogP contribution < -0.4 is 0 Å². The van der Waals surface area contributed by atoms with Gasteiger partial charge in [0.25, 0.3) is 5.91 Å². The number of fused-ring (bicyclic) bond motifs is 1. The van der Waals surface area contributed by atoms with Crippen LogP contribution >= 0.6 is 22.9 Å². The molecule has 2 aromatic carbocycles. The summed E-state index contributed by atoms with van der Waals surface area (Å²) in [7, 11) is 0. The summed E-state index contributed by atoms with van der Waals surface area (Å²) >= 11 is 7.44. The van der Waals surface area contributed by atoms with Crippen molar-refractivity contribution in [2.24, 2.45) is 0 Å². The predicted molar refractivity (Wildman–Crippen MR) is 117 cm³/mol. The summed E-state index contributed by atoms with van der Waals surface area (Å²) in [6.45, 7) is 1.41. The van der Waals surface area contributed by atoms with E-state index >= 15 is 0 Å². The van der Waals surface area contributed by atoms with Gasteiger partial charge in [-0.1, -0.05) is 35.9 Å². The summed E-state index contributed by atoms with van der Waals surface area (Å²) in [4.78, 5) is 27.7. The normalized spacial score (nSPS) is 17.0. The van der Waals surface area contributed by atoms with Crippen molar-refractivity contribution >= 4 is 39.9 Å². The summed E-state index contributed by atoms with van der Waals surface area (Å²) in [5.74, 6) is 1.17. The van der Waals surface area contributed by atoms with Crippen molar-refractivity contribution in [3.8, 4) is 10.6 Å². The molecule has 0 spiro atoms. The number of carbonyl (C=O) groups excluding carboxylic acids is 1. The topological polar surface area (TPSA) is 61.9 Å². The van der Waals surface area contributed by atoms with Crippen LogP contribution in [0.3, 0.4) is 0 Å². The molecular weight excluding hydrogens is 404 g/mol. The molecule has 0 saturated carbocycles. The Balaban J connectivity index is 1.34. The van der Waals surface area contributed by atoms with Crippen LogP contribution in [0.1, 0.15) is 35.1 Å². The molecule has 1 aliphatic heterocycles. The number of para-hydroxylation sites is 2. The Morgan fingerprint density at radius 1 is 1.14 bits per heavy atom. The summed E-state index contributed by atoms with van der Waals surface area (Å²) in [5.41, 5.74) is 3.48. The minimum absolute atomic E-state index is 0.0118. The smallest absolute Gasteiger partial charge is 0.273 e. The maximum atomic E-state index is 13.1. The Hall–Kier alpha value is -2.70. The number of aromatic nitrogens is 3. The number of nitrogens with one attached hydrogen (secondary N) is 1. The first-order chi connectivity index (χ1) is 14.2. The average Bonchev–Trinajstić information content (AvgIpc) is 3.41. The molecule has 2 aromatic heterocycles. The SMILES string of the molecule is O=C(c1csc(-c2ccc(Cl)cc2)n1)N1CCCC(c2nc3ccccc3[nH]2)C1. The second kappa shape index (κ2) is 7.61. The highest BCUT2D eigenvalue weighted by molar-refractivity contribution is 7.13. The van der Waals surface area contributed by atoms with E-state index in [1.165, 1.54) is 11.3 Å². The summed E-state index contributed by atoms with van der Waals surface area (Å²) in [5, 5.41) is 3.36. The Morgan fingerprint density at radius 2 is 1.97 bits per heavy atom. The molecule has 0 aliphatic carbocycles. The molecule has 1 unspecified atom stereocenters. The standard InChI is InChI=1S/C22H19ClN4OS/c23-16-9-7-14(8-10-16)21-26-19(13-29-21)22(28)27-11-3-4-15(12-27)20-24-17-5-1-2-6-18(17)25-20/h1-2,5-10,13,15H,3-4,11-12H2,(H,24,25). The van der Waals surface area contributed by atoms with Crippen LogP contribution in [-0.2, 0) is 0 Å². The molecule has 1 amide bonds. The number of H-pyrrole nitrogens is 1. The molecule has 3 heterocycles. The molecule has 5 rings (SSSR count). The van der Waals surface area contributed by atoms with Gasteiger partial charge < -0.3 is 9.88 Å². The highest BCUT2D eigenvalue weighted by atomic mass is 35.5. The number of thiazole rings is 1. The number of halogens is 1. The van der Waals surface area contributed by atoms with Gasteiger partial charge >= 0.3 is 0 Å². The highest BCUT2D eigenvalue weighted by Gasteiger charge is 2.28. The van der Waals surface area contributed by atoms with Gasteiger partial charge in [-0.15, -0.1) is 11.3 Å². The van der Waals surface area contributed by atoms with Gasteiger partial charge in [0.05, 0.1) is 11.0 Å². The van der Waals surface area contributed by atoms with Gasteiger partial charge in [0, 0.05) is 35.0 Å². The monoisotopic (exact) mass is 422 g/mol. The summed E-state index contributed by atoms with van der Waals surface area (Å²) < 4.78 is 0. The van der Waals surface area contributed by atoms with E-state index in [-0.39, 0.29) is 11.8 Å². The van der Waals surface area contributed by atoms with Crippen molar-refractivity contribution in [2.75, 3.05) is 13.1 Å². The molecule has 29 heavy (non-hydrogen) atoms. The first-order valence-corrected chi connectivity index (χ1v) is 10.9. The zero-order valence-corrected chi connectivity index (χ0v) is 17.2. The molecule has 1 N–H and O–H groups in total. The fraction of sp³-hybridized carbons (Fsp3) is 0.227. The fourth-order valence-electron chi connectivity index (χ4n) is 3.81. The lowest BCUT2D eigenvalue weighted by molar-refractivity contribution is 0.0700. The zero-order valence-electron chi connectivity index (χ0n) is 15.6. The van der Waals surface area contributed by atoms with Crippen molar-refractivity contribution < 1.29 is 4.79 Å². The number of aromatic amines is 1. The van der Waals surface area contributed by atoms with Gasteiger partial charge in [0.15, 0.2) is 0 Å². The van der Waals surface area contributed by atoms with Crippen LogP contribution in [0.25, 0.3) is 21.6 Å². The molecule has 5 nitrogen and oxygen atoms in total. The van der Waals surface area contributed by atoms with Gasteiger partial charge in [-0.05, 0) is 37.1 Å². The summed E-state index contributed by atoms with van der Waals surface area (Å²) in [6.07, 6.45) is 1.98. The van der Waals surface area contributed by atoms with Crippen LogP contribution in [0.15, 0.2) is 53.9 Å². The molecule has 1 saturated heterocycles. The molecule has 7 heteroatoms. The van der Waals surface area contributed by atoms with Gasteiger partial charge in [0.2, 0.25) is 0 Å². The van der Waals surface area contributed by atoms with Crippen molar-refractivity contribution in [1.29, 1.82) is 0 Å². The third-order valence-electron chi connectivity index (χ3n) is 5.32. The highest BCUT2D eigenvalue weighted by Crippen LogP contribution is 2.29. The Labute approximate surface area is 177 Å². The van der Waals surface area contributed by atoms with Crippen molar-refractivity contribution in [1.82, 2.24) is 19.9 Å². The van der Waals surface area contributed by atoms with E-state index in [0.717, 1.165) is 46.8 Å². The van der Waals surface area contributed by atoms with Crippen LogP contribution in [0.4, 0.5) is 0 Å². The molecule has 1 atom stereocenters. The molecule has 4 aromatic rings. The number of hydrogen-bond acceptors (Lipinski definition) is 4. The fourth-order valence-corrected chi connectivity index (χ4v) is 4.74. The number of hydrogen-bond donors (Lipinski definition) is 1. The van der Waals surface area contributed by atoms with E-state index in [9.17, 15) is 4.79 Å². The second-order valence-corrected chi connectivity index (χ2v) is 8.57. The predicted octanol–water partition coefficient (Wildman–Crippen LogP) is 5.36. The number of amides is 1. The maximum absolute atomic E-state index is 13.1. The Morgan fingerprint density at radius 3 is 2.79 bits per heavy atom. The third-order valence-corrected chi connectivity index (χ3v) is 6.46. The van der Waals surface area contributed by atoms with Crippen molar-refractivity contribution in [3.05, 3.63) is 70.5 Å². The number of nitrogens with zero attached hydrogens (tertiary/aromatic N) is 3. The van der Waals surface area contributed by atoms with Crippen LogP contribution in [0, 0.1) is 0 Å². The van der Waals surface area contributed by atoms with Crippen molar-refractivity contribution in [3.63, 3.8) is 0 Å². The van der Waals surface area contributed by atoms with Crippen LogP contribution in [-0.4, -0.2) is 38.8 Å². The lowest BCUT2D eigenvalue weighted by atomic mass is 9.97. The van der Waals surface area contributed by atoms with Crippen molar-refractivity contribution in [2.45, 2.75) is 18.8 Å². The first-order valence-electron chi connectivity index (χ1n) is 9.63. The molecule has 1 fully saturated rings. The molecule has 1 aliphatic rings. The number of likely N-dealkylation sites (tertiary alicyclic amines) is 1. The lowest BCUT2D eigenvalue weighted by Gasteiger charge is -2.31. The van der Waals surface area contributed by atoms with Gasteiger partial charge in [-0.2, -0.15) is 0 Å². The van der Waals surface area contributed by atoms with E-state index in [1.54, 1.807) is 0 Å². The quantitative estimate of drug-likeness (QED) is 0.483. The van der Waals surface area contributed by atoms with E-state index in [4.69, 9.17) is 16.6 Å². The molecule has 0 radical (unpaired) electrons. The molecule has 146 valence electrons. The van der Waals surface area contributed by atoms with Gasteiger partial charge in [-0.3, -0.25) is 4.79 Å². The minimum Gasteiger partial charge on any atom is -0.342 e. The molecule has 0 bridgehead atoms. The summed E-state index contributed by atoms with van der Waals surface area (Å²) in [6, 6.07) is 15.6. The zero-order chi connectivity index (χ0) is 19.8. The van der Waals surface area contributed by atoms with E-state index in [0.29, 0.717) is 17.3 Å². The molecular formula is C22H19ClN4OS. The second-order valence-electron chi connectivity index (χ2n) is 7.27. The largest absolute Gasteiger partial charge is 0.342 e. The Kier molecular flexibility index (Phi) is 4.81. The number of benzene rings is 2. The number of imidazole rings is 1. The minimum atomic E-state index is -0.0118. The number of carbonyl (C=O) groups is 1. The Bertz CT molecular complexity index is 1130. The van der Waals surface area contributed by atoms with E-state index < -0.39 is 0 Å². The first kappa shape index (κ1) is 18.3. The van der Waals surface area contributed by atoms with Gasteiger partial charge in [-0.25, -0.2) is 9.97 Å². The van der Waals surface area contributed by atoms with Crippen LogP contribution in [0.5, 0.6) is 0 Å². The van der Waals surface area contributed by atoms with E-state index in [1.807, 2.05) is 58.8 Å². The van der Waals surface area contributed by atoms with Gasteiger partial charge in [0.1, 0.15) is 16.5 Å².